The van der Waals surface area contributed by atoms with Crippen molar-refractivity contribution >= 4 is 5.91 Å². The lowest BCUT2D eigenvalue weighted by molar-refractivity contribution is 0.0774. The summed E-state index contributed by atoms with van der Waals surface area (Å²) in [7, 11) is 0. The molecule has 22 heavy (non-hydrogen) atoms. The Morgan fingerprint density at radius 2 is 1.73 bits per heavy atom. The van der Waals surface area contributed by atoms with Crippen LogP contribution in [0.1, 0.15) is 36.7 Å². The monoisotopic (exact) mass is 299 g/mol. The summed E-state index contributed by atoms with van der Waals surface area (Å²) in [4.78, 5) is 14.4. The molecule has 0 atom stereocenters. The second-order valence-electron chi connectivity index (χ2n) is 5.18. The van der Waals surface area contributed by atoms with Crippen LogP contribution < -0.4 is 0 Å². The molecule has 0 saturated heterocycles. The number of nitrogens with zero attached hydrogens (tertiary/aromatic N) is 1. The summed E-state index contributed by atoms with van der Waals surface area (Å²) in [6.45, 7) is 7.16. The van der Waals surface area contributed by atoms with E-state index in [1.807, 2.05) is 51.1 Å². The van der Waals surface area contributed by atoms with Crippen molar-refractivity contribution in [3.05, 3.63) is 59.4 Å². The molecule has 0 saturated carbocycles. The quantitative estimate of drug-likeness (QED) is 0.794. The molecule has 2 nitrogen and oxygen atoms in total. The number of carbonyl (C=O) groups is 1. The first kappa shape index (κ1) is 16.2. The van der Waals surface area contributed by atoms with Crippen molar-refractivity contribution in [2.75, 3.05) is 13.1 Å². The van der Waals surface area contributed by atoms with Gasteiger partial charge in [-0.05, 0) is 49.1 Å². The van der Waals surface area contributed by atoms with E-state index in [1.54, 1.807) is 11.0 Å². The Morgan fingerprint density at radius 1 is 1.05 bits per heavy atom. The number of halogens is 1. The summed E-state index contributed by atoms with van der Waals surface area (Å²) in [6, 6.07) is 12.6. The fraction of sp³-hybridized carbons (Fsp3) is 0.316. The largest absolute Gasteiger partial charge is 0.339 e. The minimum atomic E-state index is -0.218. The lowest BCUT2D eigenvalue weighted by Gasteiger charge is -2.20. The maximum Gasteiger partial charge on any atom is 0.254 e. The molecule has 0 fully saturated rings. The number of hydrogen-bond acceptors (Lipinski definition) is 1. The Labute approximate surface area is 131 Å². The average molecular weight is 299 g/mol. The first-order chi connectivity index (χ1) is 10.6. The van der Waals surface area contributed by atoms with Crippen LogP contribution in [-0.4, -0.2) is 23.9 Å². The zero-order valence-electron chi connectivity index (χ0n) is 13.4. The molecule has 0 heterocycles. The summed E-state index contributed by atoms with van der Waals surface area (Å²) in [6.07, 6.45) is 0.659. The van der Waals surface area contributed by atoms with E-state index in [9.17, 15) is 9.18 Å². The minimum Gasteiger partial charge on any atom is -0.339 e. The maximum absolute atomic E-state index is 14.1. The van der Waals surface area contributed by atoms with Crippen LogP contribution >= 0.6 is 0 Å². The summed E-state index contributed by atoms with van der Waals surface area (Å²) in [5.74, 6) is -0.231. The van der Waals surface area contributed by atoms with Gasteiger partial charge in [-0.1, -0.05) is 37.3 Å². The van der Waals surface area contributed by atoms with Crippen molar-refractivity contribution in [3.63, 3.8) is 0 Å². The van der Waals surface area contributed by atoms with Crippen molar-refractivity contribution in [1.29, 1.82) is 0 Å². The summed E-state index contributed by atoms with van der Waals surface area (Å²) in [5.41, 5.74) is 2.83. The molecule has 0 aliphatic heterocycles. The van der Waals surface area contributed by atoms with Crippen LogP contribution in [-0.2, 0) is 6.42 Å². The van der Waals surface area contributed by atoms with Gasteiger partial charge in [0.1, 0.15) is 5.82 Å². The number of amides is 1. The van der Waals surface area contributed by atoms with Crippen molar-refractivity contribution in [2.24, 2.45) is 0 Å². The molecule has 2 aromatic rings. The molecule has 0 N–H and O–H groups in total. The summed E-state index contributed by atoms with van der Waals surface area (Å²) >= 11 is 0. The predicted octanol–water partition coefficient (Wildman–Crippen LogP) is 4.54. The van der Waals surface area contributed by atoms with E-state index in [0.29, 0.717) is 30.6 Å². The smallest absolute Gasteiger partial charge is 0.254 e. The Hall–Kier alpha value is -2.16. The molecule has 3 heteroatoms. The first-order valence-electron chi connectivity index (χ1n) is 7.79. The highest BCUT2D eigenvalue weighted by Crippen LogP contribution is 2.26. The van der Waals surface area contributed by atoms with Crippen LogP contribution in [0.25, 0.3) is 11.1 Å². The molecule has 0 unspecified atom stereocenters. The van der Waals surface area contributed by atoms with Gasteiger partial charge in [0.15, 0.2) is 0 Å². The molecule has 116 valence electrons. The zero-order valence-corrected chi connectivity index (χ0v) is 13.4. The molecule has 0 bridgehead atoms. The third-order valence-corrected chi connectivity index (χ3v) is 3.95. The van der Waals surface area contributed by atoms with E-state index in [1.165, 1.54) is 6.07 Å². The molecule has 0 aliphatic carbocycles. The highest BCUT2D eigenvalue weighted by molar-refractivity contribution is 6.00. The minimum absolute atomic E-state index is 0.0134. The summed E-state index contributed by atoms with van der Waals surface area (Å²) in [5, 5.41) is 0. The van der Waals surface area contributed by atoms with Crippen molar-refractivity contribution < 1.29 is 9.18 Å². The van der Waals surface area contributed by atoms with Gasteiger partial charge in [0.2, 0.25) is 0 Å². The van der Waals surface area contributed by atoms with E-state index in [-0.39, 0.29) is 11.7 Å². The molecular weight excluding hydrogens is 277 g/mol. The molecule has 2 rings (SSSR count). The van der Waals surface area contributed by atoms with Gasteiger partial charge in [-0.15, -0.1) is 0 Å². The molecule has 1 amide bonds. The highest BCUT2D eigenvalue weighted by Gasteiger charge is 2.17. The Morgan fingerprint density at radius 3 is 2.32 bits per heavy atom. The SMILES string of the molecule is CCc1ccc(-c2ccccc2C(=O)N(CC)CC)cc1F. The van der Waals surface area contributed by atoms with E-state index < -0.39 is 0 Å². The fourth-order valence-corrected chi connectivity index (χ4v) is 2.60. The third kappa shape index (κ3) is 3.19. The Bertz CT molecular complexity index is 662. The van der Waals surface area contributed by atoms with E-state index in [2.05, 4.69) is 0 Å². The normalized spacial score (nSPS) is 10.5. The molecule has 0 radical (unpaired) electrons. The second-order valence-corrected chi connectivity index (χ2v) is 5.18. The van der Waals surface area contributed by atoms with Crippen molar-refractivity contribution in [2.45, 2.75) is 27.2 Å². The highest BCUT2D eigenvalue weighted by atomic mass is 19.1. The number of benzene rings is 2. The van der Waals surface area contributed by atoms with Gasteiger partial charge in [0.05, 0.1) is 0 Å². The molecule has 0 aliphatic rings. The van der Waals surface area contributed by atoms with Gasteiger partial charge in [0.25, 0.3) is 5.91 Å². The Kier molecular flexibility index (Phi) is 5.31. The van der Waals surface area contributed by atoms with Gasteiger partial charge >= 0.3 is 0 Å². The van der Waals surface area contributed by atoms with Gasteiger partial charge < -0.3 is 4.90 Å². The number of carbonyl (C=O) groups excluding carboxylic acids is 1. The van der Waals surface area contributed by atoms with E-state index in [4.69, 9.17) is 0 Å². The molecular formula is C19H22FNO. The number of rotatable bonds is 5. The molecule has 2 aromatic carbocycles. The number of hydrogen-bond donors (Lipinski definition) is 0. The van der Waals surface area contributed by atoms with Crippen molar-refractivity contribution in [3.8, 4) is 11.1 Å². The summed E-state index contributed by atoms with van der Waals surface area (Å²) < 4.78 is 14.1. The van der Waals surface area contributed by atoms with E-state index in [0.717, 1.165) is 11.1 Å². The van der Waals surface area contributed by atoms with Crippen molar-refractivity contribution in [1.82, 2.24) is 4.90 Å². The van der Waals surface area contributed by atoms with Gasteiger partial charge in [-0.25, -0.2) is 4.39 Å². The van der Waals surface area contributed by atoms with Gasteiger partial charge in [0, 0.05) is 18.7 Å². The van der Waals surface area contributed by atoms with Crippen LogP contribution in [0.4, 0.5) is 4.39 Å². The van der Waals surface area contributed by atoms with Crippen LogP contribution in [0.2, 0.25) is 0 Å². The lowest BCUT2D eigenvalue weighted by Crippen LogP contribution is -2.30. The van der Waals surface area contributed by atoms with Crippen LogP contribution in [0, 0.1) is 5.82 Å². The third-order valence-electron chi connectivity index (χ3n) is 3.95. The average Bonchev–Trinajstić information content (AvgIpc) is 2.55. The Balaban J connectivity index is 2.48. The van der Waals surface area contributed by atoms with Gasteiger partial charge in [-0.2, -0.15) is 0 Å². The van der Waals surface area contributed by atoms with Crippen LogP contribution in [0.3, 0.4) is 0 Å². The van der Waals surface area contributed by atoms with Crippen LogP contribution in [0.5, 0.6) is 0 Å². The zero-order chi connectivity index (χ0) is 16.1. The maximum atomic E-state index is 14.1. The standard InChI is InChI=1S/C19H22FNO/c1-4-14-11-12-15(13-18(14)20)16-9-7-8-10-17(16)19(22)21(5-2)6-3/h7-13H,4-6H2,1-3H3. The van der Waals surface area contributed by atoms with E-state index >= 15 is 0 Å². The lowest BCUT2D eigenvalue weighted by atomic mass is 9.97. The first-order valence-corrected chi connectivity index (χ1v) is 7.79. The molecule has 0 aromatic heterocycles. The predicted molar refractivity (Wildman–Crippen MR) is 88.5 cm³/mol. The topological polar surface area (TPSA) is 20.3 Å². The van der Waals surface area contributed by atoms with Crippen LogP contribution in [0.15, 0.2) is 42.5 Å². The molecule has 0 spiro atoms. The van der Waals surface area contributed by atoms with Gasteiger partial charge in [-0.3, -0.25) is 4.79 Å². The second kappa shape index (κ2) is 7.21. The number of aryl methyl sites for hydroxylation is 1. The fourth-order valence-electron chi connectivity index (χ4n) is 2.60.